The summed E-state index contributed by atoms with van der Waals surface area (Å²) < 4.78 is 5.78. The molecule has 3 aromatic rings. The Labute approximate surface area is 224 Å². The van der Waals surface area contributed by atoms with Crippen LogP contribution in [0.3, 0.4) is 0 Å². The van der Waals surface area contributed by atoms with Gasteiger partial charge in [-0.15, -0.1) is 11.3 Å². The number of aryl methyl sites for hydroxylation is 1. The molecule has 2 amide bonds. The number of amides is 2. The second-order valence-electron chi connectivity index (χ2n) is 9.09. The van der Waals surface area contributed by atoms with Gasteiger partial charge in [0, 0.05) is 53.9 Å². The van der Waals surface area contributed by atoms with E-state index in [0.29, 0.717) is 37.4 Å². The number of carbonyl (C=O) groups excluding carboxylic acids is 2. The standard InChI is InChI=1S/C29H38N4O3S/c1-4-11-33(12-5-2)29(35)25-16-23(15-24(17-25)28-31-10-13-37-28)27(34)32-18-26(30)20-36-19-22-9-7-8-21(6-3)14-22/h7-10,13-17,26H,4-6,11-12,18-20,30H2,1-3H3,(H,32,34). The van der Waals surface area contributed by atoms with Crippen LogP contribution in [0.25, 0.3) is 10.6 Å². The van der Waals surface area contributed by atoms with Crippen LogP contribution < -0.4 is 11.1 Å². The molecule has 0 spiro atoms. The van der Waals surface area contributed by atoms with Gasteiger partial charge in [-0.25, -0.2) is 4.98 Å². The minimum absolute atomic E-state index is 0.0756. The van der Waals surface area contributed by atoms with Crippen LogP contribution in [0.1, 0.15) is 65.5 Å². The van der Waals surface area contributed by atoms with Crippen LogP contribution in [-0.2, 0) is 17.8 Å². The molecule has 8 heteroatoms. The number of nitrogens with one attached hydrogen (secondary N) is 1. The summed E-state index contributed by atoms with van der Waals surface area (Å²) in [5, 5.41) is 5.54. The summed E-state index contributed by atoms with van der Waals surface area (Å²) >= 11 is 1.47. The molecule has 0 aliphatic heterocycles. The zero-order valence-corrected chi connectivity index (χ0v) is 22.9. The van der Waals surface area contributed by atoms with Gasteiger partial charge in [-0.3, -0.25) is 9.59 Å². The quantitative estimate of drug-likeness (QED) is 0.314. The van der Waals surface area contributed by atoms with Crippen LogP contribution >= 0.6 is 11.3 Å². The fourth-order valence-corrected chi connectivity index (χ4v) is 4.69. The molecule has 1 aromatic heterocycles. The molecule has 1 heterocycles. The van der Waals surface area contributed by atoms with Crippen molar-refractivity contribution in [2.75, 3.05) is 26.2 Å². The lowest BCUT2D eigenvalue weighted by Crippen LogP contribution is -2.40. The topological polar surface area (TPSA) is 97.6 Å². The molecule has 0 saturated carbocycles. The number of nitrogens with zero attached hydrogens (tertiary/aromatic N) is 2. The van der Waals surface area contributed by atoms with E-state index < -0.39 is 0 Å². The van der Waals surface area contributed by atoms with Crippen LogP contribution in [0.15, 0.2) is 54.0 Å². The third-order valence-electron chi connectivity index (χ3n) is 5.92. The van der Waals surface area contributed by atoms with Gasteiger partial charge in [-0.2, -0.15) is 0 Å². The second kappa shape index (κ2) is 14.6. The van der Waals surface area contributed by atoms with Gasteiger partial charge in [0.15, 0.2) is 0 Å². The predicted octanol–water partition coefficient (Wildman–Crippen LogP) is 4.91. The summed E-state index contributed by atoms with van der Waals surface area (Å²) in [4.78, 5) is 32.6. The van der Waals surface area contributed by atoms with Gasteiger partial charge in [-0.1, -0.05) is 45.0 Å². The number of rotatable bonds is 14. The first-order chi connectivity index (χ1) is 17.9. The monoisotopic (exact) mass is 522 g/mol. The number of benzene rings is 2. The van der Waals surface area contributed by atoms with E-state index in [0.717, 1.165) is 35.4 Å². The minimum Gasteiger partial charge on any atom is -0.375 e. The summed E-state index contributed by atoms with van der Waals surface area (Å²) in [6.45, 7) is 8.63. The number of nitrogens with two attached hydrogens (primary N) is 1. The fraction of sp³-hybridized carbons (Fsp3) is 0.414. The molecule has 0 fully saturated rings. The number of thiazole rings is 1. The van der Waals surface area contributed by atoms with E-state index in [9.17, 15) is 9.59 Å². The van der Waals surface area contributed by atoms with E-state index in [1.807, 2.05) is 28.5 Å². The van der Waals surface area contributed by atoms with Crippen molar-refractivity contribution in [3.05, 3.63) is 76.3 Å². The molecule has 37 heavy (non-hydrogen) atoms. The smallest absolute Gasteiger partial charge is 0.253 e. The van der Waals surface area contributed by atoms with Gasteiger partial charge in [-0.05, 0) is 48.6 Å². The highest BCUT2D eigenvalue weighted by molar-refractivity contribution is 7.13. The zero-order chi connectivity index (χ0) is 26.6. The maximum Gasteiger partial charge on any atom is 0.253 e. The summed E-state index contributed by atoms with van der Waals surface area (Å²) in [6.07, 6.45) is 4.43. The molecular weight excluding hydrogens is 484 g/mol. The van der Waals surface area contributed by atoms with Crippen molar-refractivity contribution < 1.29 is 14.3 Å². The van der Waals surface area contributed by atoms with E-state index in [1.54, 1.807) is 18.3 Å². The molecule has 3 N–H and O–H groups in total. The van der Waals surface area contributed by atoms with Crippen LogP contribution in [0.5, 0.6) is 0 Å². The summed E-state index contributed by atoms with van der Waals surface area (Å²) in [6, 6.07) is 13.2. The molecular formula is C29H38N4O3S. The Balaban J connectivity index is 1.66. The lowest BCUT2D eigenvalue weighted by molar-refractivity contribution is 0.0755. The Morgan fingerprint density at radius 1 is 1.05 bits per heavy atom. The minimum atomic E-state index is -0.355. The molecule has 1 atom stereocenters. The number of hydrogen-bond donors (Lipinski definition) is 2. The van der Waals surface area contributed by atoms with E-state index >= 15 is 0 Å². The Kier molecular flexibility index (Phi) is 11.3. The average Bonchev–Trinajstić information content (AvgIpc) is 3.46. The first-order valence-corrected chi connectivity index (χ1v) is 13.9. The van der Waals surface area contributed by atoms with Crippen LogP contribution in [-0.4, -0.2) is 54.0 Å². The molecule has 1 unspecified atom stereocenters. The molecule has 3 rings (SSSR count). The van der Waals surface area contributed by atoms with E-state index in [4.69, 9.17) is 10.5 Å². The van der Waals surface area contributed by atoms with Crippen molar-refractivity contribution >= 4 is 23.2 Å². The van der Waals surface area contributed by atoms with Gasteiger partial charge < -0.3 is 20.7 Å². The normalized spacial score (nSPS) is 11.8. The third kappa shape index (κ3) is 8.49. The molecule has 2 aromatic carbocycles. The first kappa shape index (κ1) is 28.5. The van der Waals surface area contributed by atoms with E-state index in [-0.39, 0.29) is 24.4 Å². The fourth-order valence-electron chi connectivity index (χ4n) is 4.06. The van der Waals surface area contributed by atoms with Crippen molar-refractivity contribution in [1.29, 1.82) is 0 Å². The summed E-state index contributed by atoms with van der Waals surface area (Å²) in [7, 11) is 0. The largest absolute Gasteiger partial charge is 0.375 e. The molecule has 0 radical (unpaired) electrons. The molecule has 0 aliphatic carbocycles. The zero-order valence-electron chi connectivity index (χ0n) is 22.0. The predicted molar refractivity (Wildman–Crippen MR) is 150 cm³/mol. The van der Waals surface area contributed by atoms with Crippen molar-refractivity contribution in [2.45, 2.75) is 52.7 Å². The van der Waals surface area contributed by atoms with Gasteiger partial charge in [0.2, 0.25) is 0 Å². The summed E-state index contributed by atoms with van der Waals surface area (Å²) in [5.74, 6) is -0.357. The van der Waals surface area contributed by atoms with Gasteiger partial charge in [0.05, 0.1) is 13.2 Å². The van der Waals surface area contributed by atoms with Crippen molar-refractivity contribution in [1.82, 2.24) is 15.2 Å². The second-order valence-corrected chi connectivity index (χ2v) is 9.98. The van der Waals surface area contributed by atoms with Crippen LogP contribution in [0.2, 0.25) is 0 Å². The van der Waals surface area contributed by atoms with Crippen molar-refractivity contribution in [2.24, 2.45) is 5.73 Å². The first-order valence-electron chi connectivity index (χ1n) is 13.0. The number of ether oxygens (including phenoxy) is 1. The Bertz CT molecular complexity index is 1140. The van der Waals surface area contributed by atoms with Gasteiger partial charge in [0.25, 0.3) is 11.8 Å². The number of hydrogen-bond acceptors (Lipinski definition) is 6. The molecule has 0 aliphatic rings. The lowest BCUT2D eigenvalue weighted by atomic mass is 10.0. The Morgan fingerprint density at radius 3 is 2.46 bits per heavy atom. The molecule has 0 bridgehead atoms. The lowest BCUT2D eigenvalue weighted by Gasteiger charge is -2.22. The number of carbonyl (C=O) groups is 2. The highest BCUT2D eigenvalue weighted by atomic mass is 32.1. The number of aromatic nitrogens is 1. The third-order valence-corrected chi connectivity index (χ3v) is 6.74. The highest BCUT2D eigenvalue weighted by Gasteiger charge is 2.19. The van der Waals surface area contributed by atoms with E-state index in [2.05, 4.69) is 43.2 Å². The molecule has 198 valence electrons. The Morgan fingerprint density at radius 2 is 1.78 bits per heavy atom. The van der Waals surface area contributed by atoms with E-state index in [1.165, 1.54) is 16.9 Å². The summed E-state index contributed by atoms with van der Waals surface area (Å²) in [5.41, 5.74) is 10.2. The Hall–Kier alpha value is -3.07. The highest BCUT2D eigenvalue weighted by Crippen LogP contribution is 2.25. The molecule has 0 saturated heterocycles. The maximum atomic E-state index is 13.3. The van der Waals surface area contributed by atoms with Gasteiger partial charge in [0.1, 0.15) is 5.01 Å². The maximum absolute atomic E-state index is 13.3. The molecule has 7 nitrogen and oxygen atoms in total. The SMILES string of the molecule is CCCN(CCC)C(=O)c1cc(C(=O)NCC(N)COCc2cccc(CC)c2)cc(-c2nccs2)c1. The van der Waals surface area contributed by atoms with Crippen molar-refractivity contribution in [3.8, 4) is 10.6 Å². The average molecular weight is 523 g/mol. The van der Waals surface area contributed by atoms with Crippen LogP contribution in [0, 0.1) is 0 Å². The van der Waals surface area contributed by atoms with Gasteiger partial charge >= 0.3 is 0 Å². The van der Waals surface area contributed by atoms with Crippen molar-refractivity contribution in [3.63, 3.8) is 0 Å². The van der Waals surface area contributed by atoms with Crippen LogP contribution in [0.4, 0.5) is 0 Å².